The molecule has 0 atom stereocenters. The average molecular weight is 437 g/mol. The third kappa shape index (κ3) is 4.69. The van der Waals surface area contributed by atoms with E-state index in [1.165, 1.54) is 43.5 Å². The average Bonchev–Trinajstić information content (AvgIpc) is 2.91. The van der Waals surface area contributed by atoms with Gasteiger partial charge in [-0.15, -0.1) is 0 Å². The van der Waals surface area contributed by atoms with Gasteiger partial charge < -0.3 is 15.2 Å². The van der Waals surface area contributed by atoms with Gasteiger partial charge in [0.25, 0.3) is 11.1 Å². The zero-order chi connectivity index (χ0) is 21.1. The van der Waals surface area contributed by atoms with Crippen molar-refractivity contribution < 1.29 is 28.6 Å². The van der Waals surface area contributed by atoms with E-state index in [0.29, 0.717) is 11.8 Å². The maximum absolute atomic E-state index is 13.2. The number of aromatic hydroxyl groups is 1. The molecular weight excluding hydrogens is 423 g/mol. The van der Waals surface area contributed by atoms with Crippen LogP contribution in [0.3, 0.4) is 0 Å². The van der Waals surface area contributed by atoms with Crippen LogP contribution < -0.4 is 10.1 Å². The molecule has 150 valence electrons. The molecule has 2 aromatic rings. The first kappa shape index (κ1) is 20.7. The molecular formula is C19H14ClFN2O5S. The normalized spacial score (nSPS) is 15.1. The molecule has 1 fully saturated rings. The summed E-state index contributed by atoms with van der Waals surface area (Å²) in [5.41, 5.74) is 0.387. The highest BCUT2D eigenvalue weighted by atomic mass is 35.5. The van der Waals surface area contributed by atoms with Gasteiger partial charge in [-0.25, -0.2) is 4.39 Å². The lowest BCUT2D eigenvalue weighted by Crippen LogP contribution is -2.36. The SMILES string of the molecule is COc1cc(Cl)cc(/C=C2/SC(=O)N(CC(=O)Nc3cccc(F)c3)C2=O)c1O. The van der Waals surface area contributed by atoms with E-state index in [1.807, 2.05) is 0 Å². The summed E-state index contributed by atoms with van der Waals surface area (Å²) in [7, 11) is 1.35. The van der Waals surface area contributed by atoms with Gasteiger partial charge in [0.2, 0.25) is 5.91 Å². The number of carbonyl (C=O) groups excluding carboxylic acids is 3. The van der Waals surface area contributed by atoms with Crippen molar-refractivity contribution in [2.24, 2.45) is 0 Å². The maximum atomic E-state index is 13.2. The number of phenolic OH excluding ortho intramolecular Hbond substituents is 1. The topological polar surface area (TPSA) is 95.9 Å². The van der Waals surface area contributed by atoms with E-state index in [4.69, 9.17) is 16.3 Å². The third-order valence-electron chi connectivity index (χ3n) is 3.86. The van der Waals surface area contributed by atoms with Gasteiger partial charge in [0.05, 0.1) is 12.0 Å². The van der Waals surface area contributed by atoms with Crippen LogP contribution in [0.4, 0.5) is 14.9 Å². The Morgan fingerprint density at radius 3 is 2.79 bits per heavy atom. The van der Waals surface area contributed by atoms with Crippen LogP contribution in [0.15, 0.2) is 41.3 Å². The van der Waals surface area contributed by atoms with Crippen molar-refractivity contribution in [3.8, 4) is 11.5 Å². The van der Waals surface area contributed by atoms with Crippen molar-refractivity contribution in [3.05, 3.63) is 57.7 Å². The van der Waals surface area contributed by atoms with E-state index < -0.39 is 29.4 Å². The molecule has 0 unspecified atom stereocenters. The first-order valence-corrected chi connectivity index (χ1v) is 9.35. The van der Waals surface area contributed by atoms with Crippen molar-refractivity contribution in [2.45, 2.75) is 0 Å². The molecule has 0 spiro atoms. The Morgan fingerprint density at radius 2 is 2.10 bits per heavy atom. The molecule has 3 amide bonds. The molecule has 10 heteroatoms. The van der Waals surface area contributed by atoms with E-state index in [9.17, 15) is 23.9 Å². The van der Waals surface area contributed by atoms with Crippen LogP contribution in [-0.4, -0.2) is 40.7 Å². The number of halogens is 2. The minimum atomic E-state index is -0.701. The van der Waals surface area contributed by atoms with Gasteiger partial charge in [-0.1, -0.05) is 17.7 Å². The second-order valence-electron chi connectivity index (χ2n) is 5.87. The number of methoxy groups -OCH3 is 1. The smallest absolute Gasteiger partial charge is 0.294 e. The number of amides is 3. The highest BCUT2D eigenvalue weighted by molar-refractivity contribution is 8.18. The maximum Gasteiger partial charge on any atom is 0.294 e. The van der Waals surface area contributed by atoms with Gasteiger partial charge in [-0.3, -0.25) is 19.3 Å². The number of nitrogens with one attached hydrogen (secondary N) is 1. The number of hydrogen-bond acceptors (Lipinski definition) is 6. The van der Waals surface area contributed by atoms with E-state index in [-0.39, 0.29) is 32.7 Å². The number of ether oxygens (including phenoxy) is 1. The Labute approximate surface area is 174 Å². The van der Waals surface area contributed by atoms with Gasteiger partial charge >= 0.3 is 0 Å². The minimum Gasteiger partial charge on any atom is -0.504 e. The van der Waals surface area contributed by atoms with Crippen molar-refractivity contribution in [1.29, 1.82) is 0 Å². The van der Waals surface area contributed by atoms with Gasteiger partial charge in [0.15, 0.2) is 11.5 Å². The van der Waals surface area contributed by atoms with E-state index in [2.05, 4.69) is 5.32 Å². The molecule has 1 aliphatic heterocycles. The Balaban J connectivity index is 1.77. The van der Waals surface area contributed by atoms with Crippen LogP contribution >= 0.6 is 23.4 Å². The lowest BCUT2D eigenvalue weighted by molar-refractivity contribution is -0.127. The highest BCUT2D eigenvalue weighted by Crippen LogP contribution is 2.38. The van der Waals surface area contributed by atoms with E-state index >= 15 is 0 Å². The monoisotopic (exact) mass is 436 g/mol. The van der Waals surface area contributed by atoms with Crippen LogP contribution in [0.5, 0.6) is 11.5 Å². The van der Waals surface area contributed by atoms with Crippen LogP contribution in [0, 0.1) is 5.82 Å². The van der Waals surface area contributed by atoms with Crippen LogP contribution in [-0.2, 0) is 9.59 Å². The van der Waals surface area contributed by atoms with Gasteiger partial charge in [-0.05, 0) is 42.1 Å². The van der Waals surface area contributed by atoms with Crippen LogP contribution in [0.2, 0.25) is 5.02 Å². The summed E-state index contributed by atoms with van der Waals surface area (Å²) in [6, 6.07) is 8.03. The molecule has 0 bridgehead atoms. The summed E-state index contributed by atoms with van der Waals surface area (Å²) in [6.07, 6.45) is 1.29. The second kappa shape index (κ2) is 8.54. The molecule has 2 aromatic carbocycles. The fraction of sp³-hybridized carbons (Fsp3) is 0.105. The van der Waals surface area contributed by atoms with Crippen LogP contribution in [0.1, 0.15) is 5.56 Å². The molecule has 2 N–H and O–H groups in total. The van der Waals surface area contributed by atoms with Gasteiger partial charge in [-0.2, -0.15) is 0 Å². The molecule has 0 saturated carbocycles. The quantitative estimate of drug-likeness (QED) is 0.691. The molecule has 3 rings (SSSR count). The Kier molecular flexibility index (Phi) is 6.09. The number of nitrogens with zero attached hydrogens (tertiary/aromatic N) is 1. The molecule has 1 aliphatic rings. The molecule has 29 heavy (non-hydrogen) atoms. The molecule has 0 radical (unpaired) electrons. The van der Waals surface area contributed by atoms with Gasteiger partial charge in [0.1, 0.15) is 12.4 Å². The summed E-state index contributed by atoms with van der Waals surface area (Å²) < 4.78 is 18.2. The number of hydrogen-bond donors (Lipinski definition) is 2. The molecule has 1 saturated heterocycles. The van der Waals surface area contributed by atoms with Crippen molar-refractivity contribution in [3.63, 3.8) is 0 Å². The van der Waals surface area contributed by atoms with Crippen molar-refractivity contribution in [2.75, 3.05) is 19.0 Å². The van der Waals surface area contributed by atoms with E-state index in [1.54, 1.807) is 0 Å². The standard InChI is InChI=1S/C19H14ClFN2O5S/c1-28-14-7-11(20)5-10(17(14)25)6-15-18(26)23(19(27)29-15)9-16(24)22-13-4-2-3-12(21)8-13/h2-8,25H,9H2,1H3,(H,22,24)/b15-6+. The Morgan fingerprint density at radius 1 is 1.34 bits per heavy atom. The fourth-order valence-corrected chi connectivity index (χ4v) is 3.59. The summed E-state index contributed by atoms with van der Waals surface area (Å²) in [5, 5.41) is 12.2. The van der Waals surface area contributed by atoms with Gasteiger partial charge in [0, 0.05) is 22.3 Å². The summed E-state index contributed by atoms with van der Waals surface area (Å²) in [6.45, 7) is -0.538. The zero-order valence-corrected chi connectivity index (χ0v) is 16.5. The zero-order valence-electron chi connectivity index (χ0n) is 14.9. The minimum absolute atomic E-state index is 0.00757. The number of benzene rings is 2. The first-order chi connectivity index (χ1) is 13.8. The number of thioether (sulfide) groups is 1. The Hall–Kier alpha value is -3.04. The lowest BCUT2D eigenvalue weighted by atomic mass is 10.1. The van der Waals surface area contributed by atoms with E-state index in [0.717, 1.165) is 11.0 Å². The molecule has 0 aromatic heterocycles. The predicted molar refractivity (Wildman–Crippen MR) is 107 cm³/mol. The highest BCUT2D eigenvalue weighted by Gasteiger charge is 2.36. The molecule has 1 heterocycles. The summed E-state index contributed by atoms with van der Waals surface area (Å²) in [4.78, 5) is 37.6. The lowest BCUT2D eigenvalue weighted by Gasteiger charge is -2.12. The first-order valence-electron chi connectivity index (χ1n) is 8.15. The van der Waals surface area contributed by atoms with Crippen molar-refractivity contribution in [1.82, 2.24) is 4.90 Å². The summed E-state index contributed by atoms with van der Waals surface area (Å²) >= 11 is 6.59. The largest absolute Gasteiger partial charge is 0.504 e. The second-order valence-corrected chi connectivity index (χ2v) is 7.30. The van der Waals surface area contributed by atoms with Crippen molar-refractivity contribution >= 4 is 52.2 Å². The number of phenols is 1. The number of imide groups is 1. The summed E-state index contributed by atoms with van der Waals surface area (Å²) in [5.74, 6) is -2.03. The third-order valence-corrected chi connectivity index (χ3v) is 4.99. The molecule has 0 aliphatic carbocycles. The number of rotatable bonds is 5. The Bertz CT molecular complexity index is 1040. The number of carbonyl (C=O) groups is 3. The predicted octanol–water partition coefficient (Wildman–Crippen LogP) is 3.87. The fourth-order valence-electron chi connectivity index (χ4n) is 2.55. The molecule has 7 nitrogen and oxygen atoms in total. The van der Waals surface area contributed by atoms with Crippen LogP contribution in [0.25, 0.3) is 6.08 Å². The number of anilines is 1.